The van der Waals surface area contributed by atoms with Crippen molar-refractivity contribution in [1.29, 1.82) is 0 Å². The first-order chi connectivity index (χ1) is 17.3. The molecule has 3 heterocycles. The highest BCUT2D eigenvalue weighted by molar-refractivity contribution is 9.10. The number of carbonyl (C=O) groups is 1. The van der Waals surface area contributed by atoms with E-state index in [4.69, 9.17) is 23.9 Å². The standard InChI is InChI=1S/C27H40BrN3O5Si/c1-18-34-25(35-18)23-22(19-10-12-20(28)13-11-19)29-24(31(23)17-33-15-16-37(5,6)7)21-9-8-14-30(21)26(32)36-27(2,3)4/h10-13,18,21,25H,8-9,14-17H2,1-7H3. The molecule has 1 amide bonds. The van der Waals surface area contributed by atoms with Crippen LogP contribution < -0.4 is 0 Å². The number of rotatable bonds is 8. The second-order valence-electron chi connectivity index (χ2n) is 12.0. The first-order valence-electron chi connectivity index (χ1n) is 13.1. The minimum atomic E-state index is -1.25. The molecular formula is C27H40BrN3O5Si. The topological polar surface area (TPSA) is 75.0 Å². The summed E-state index contributed by atoms with van der Waals surface area (Å²) in [6, 6.07) is 8.88. The molecule has 37 heavy (non-hydrogen) atoms. The molecule has 0 spiro atoms. The van der Waals surface area contributed by atoms with Gasteiger partial charge in [0.15, 0.2) is 6.29 Å². The van der Waals surface area contributed by atoms with Gasteiger partial charge < -0.3 is 23.5 Å². The van der Waals surface area contributed by atoms with Gasteiger partial charge in [-0.2, -0.15) is 0 Å². The molecule has 1 aromatic heterocycles. The lowest BCUT2D eigenvalue weighted by Gasteiger charge is -2.35. The Bertz CT molecular complexity index is 1090. The van der Waals surface area contributed by atoms with Gasteiger partial charge in [-0.15, -0.1) is 0 Å². The Hall–Kier alpha value is -1.72. The Morgan fingerprint density at radius 3 is 2.46 bits per heavy atom. The molecule has 0 aliphatic carbocycles. The Morgan fingerprint density at radius 2 is 1.86 bits per heavy atom. The van der Waals surface area contributed by atoms with E-state index in [0.717, 1.165) is 46.1 Å². The van der Waals surface area contributed by atoms with E-state index < -0.39 is 20.0 Å². The molecule has 204 valence electrons. The van der Waals surface area contributed by atoms with Crippen LogP contribution in [0.2, 0.25) is 25.7 Å². The summed E-state index contributed by atoms with van der Waals surface area (Å²) in [7, 11) is -1.25. The van der Waals surface area contributed by atoms with Crippen LogP contribution >= 0.6 is 15.9 Å². The maximum Gasteiger partial charge on any atom is 0.410 e. The Kier molecular flexibility index (Phi) is 8.54. The van der Waals surface area contributed by atoms with Crippen LogP contribution in [0.5, 0.6) is 0 Å². The number of hydrogen-bond acceptors (Lipinski definition) is 6. The molecule has 2 aliphatic heterocycles. The van der Waals surface area contributed by atoms with E-state index in [9.17, 15) is 4.79 Å². The van der Waals surface area contributed by atoms with Crippen molar-refractivity contribution < 1.29 is 23.7 Å². The van der Waals surface area contributed by atoms with Crippen molar-refractivity contribution in [2.24, 2.45) is 0 Å². The van der Waals surface area contributed by atoms with Crippen molar-refractivity contribution in [2.75, 3.05) is 13.2 Å². The van der Waals surface area contributed by atoms with Crippen molar-refractivity contribution in [3.63, 3.8) is 0 Å². The number of likely N-dealkylation sites (tertiary alicyclic amines) is 1. The average Bonchev–Trinajstić information content (AvgIpc) is 3.38. The highest BCUT2D eigenvalue weighted by Crippen LogP contribution is 2.42. The number of benzene rings is 1. The first kappa shape index (κ1) is 28.3. The number of amides is 1. The Balaban J connectivity index is 1.74. The van der Waals surface area contributed by atoms with Gasteiger partial charge in [0.25, 0.3) is 0 Å². The fraction of sp³-hybridized carbons (Fsp3) is 0.630. The summed E-state index contributed by atoms with van der Waals surface area (Å²) in [6.07, 6.45) is 0.524. The molecule has 2 fully saturated rings. The van der Waals surface area contributed by atoms with Crippen LogP contribution in [-0.2, 0) is 25.7 Å². The zero-order chi connectivity index (χ0) is 27.0. The highest BCUT2D eigenvalue weighted by atomic mass is 79.9. The van der Waals surface area contributed by atoms with E-state index in [1.54, 1.807) is 4.90 Å². The van der Waals surface area contributed by atoms with Gasteiger partial charge in [0.2, 0.25) is 6.29 Å². The van der Waals surface area contributed by atoms with E-state index in [0.29, 0.717) is 19.9 Å². The Labute approximate surface area is 229 Å². The minimum absolute atomic E-state index is 0.226. The van der Waals surface area contributed by atoms with Crippen molar-refractivity contribution in [3.05, 3.63) is 40.3 Å². The number of hydrogen-bond donors (Lipinski definition) is 0. The maximum absolute atomic E-state index is 13.2. The number of imidazole rings is 1. The number of halogens is 1. The van der Waals surface area contributed by atoms with E-state index in [1.807, 2.05) is 52.0 Å². The van der Waals surface area contributed by atoms with E-state index >= 15 is 0 Å². The van der Waals surface area contributed by atoms with Gasteiger partial charge in [0.1, 0.15) is 23.9 Å². The summed E-state index contributed by atoms with van der Waals surface area (Å²) in [5.41, 5.74) is 1.98. The van der Waals surface area contributed by atoms with Gasteiger partial charge in [-0.3, -0.25) is 4.90 Å². The fourth-order valence-corrected chi connectivity index (χ4v) is 5.55. The van der Waals surface area contributed by atoms with Crippen LogP contribution in [0.1, 0.15) is 64.4 Å². The number of nitrogens with zero attached hydrogens (tertiary/aromatic N) is 3. The van der Waals surface area contributed by atoms with Gasteiger partial charge in [0, 0.05) is 31.3 Å². The molecule has 8 nitrogen and oxygen atoms in total. The molecule has 0 radical (unpaired) electrons. The smallest absolute Gasteiger partial charge is 0.410 e. The third-order valence-electron chi connectivity index (χ3n) is 6.40. The summed E-state index contributed by atoms with van der Waals surface area (Å²) in [5, 5.41) is 0. The molecule has 10 heteroatoms. The second kappa shape index (κ2) is 11.2. The van der Waals surface area contributed by atoms with Crippen molar-refractivity contribution in [3.8, 4) is 11.3 Å². The molecular weight excluding hydrogens is 554 g/mol. The molecule has 0 saturated carbocycles. The van der Waals surface area contributed by atoms with Crippen LogP contribution in [-0.4, -0.2) is 53.7 Å². The molecule has 2 saturated heterocycles. The average molecular weight is 595 g/mol. The number of aromatic nitrogens is 2. The van der Waals surface area contributed by atoms with Crippen LogP contribution in [0.25, 0.3) is 11.3 Å². The van der Waals surface area contributed by atoms with E-state index in [2.05, 4.69) is 40.1 Å². The summed E-state index contributed by atoms with van der Waals surface area (Å²) in [5.74, 6) is 0.774. The monoisotopic (exact) mass is 593 g/mol. The summed E-state index contributed by atoms with van der Waals surface area (Å²) >= 11 is 3.53. The normalized spacial score (nSPS) is 22.3. The molecule has 0 N–H and O–H groups in total. The van der Waals surface area contributed by atoms with Crippen LogP contribution in [0.3, 0.4) is 0 Å². The summed E-state index contributed by atoms with van der Waals surface area (Å²) < 4.78 is 27.0. The zero-order valence-corrected chi connectivity index (χ0v) is 25.6. The first-order valence-corrected chi connectivity index (χ1v) is 17.6. The lowest BCUT2D eigenvalue weighted by Crippen LogP contribution is -2.38. The molecule has 1 aromatic carbocycles. The predicted octanol–water partition coefficient (Wildman–Crippen LogP) is 7.09. The highest BCUT2D eigenvalue weighted by Gasteiger charge is 2.41. The van der Waals surface area contributed by atoms with Gasteiger partial charge in [-0.05, 0) is 58.7 Å². The number of ether oxygens (including phenoxy) is 4. The third kappa shape index (κ3) is 7.03. The fourth-order valence-electron chi connectivity index (χ4n) is 4.53. The van der Waals surface area contributed by atoms with Crippen molar-refractivity contribution in [2.45, 2.75) is 97.2 Å². The largest absolute Gasteiger partial charge is 0.444 e. The molecule has 2 aliphatic rings. The Morgan fingerprint density at radius 1 is 1.19 bits per heavy atom. The SMILES string of the molecule is CC1OC(c2c(-c3ccc(Br)cc3)nc(C3CCCN3C(=O)OC(C)(C)C)n2COCC[Si](C)(C)C)O1. The lowest BCUT2D eigenvalue weighted by molar-refractivity contribution is -0.384. The minimum Gasteiger partial charge on any atom is -0.444 e. The van der Waals surface area contributed by atoms with Gasteiger partial charge in [-0.25, -0.2) is 9.78 Å². The quantitative estimate of drug-likeness (QED) is 0.240. The lowest BCUT2D eigenvalue weighted by atomic mass is 10.1. The zero-order valence-electron chi connectivity index (χ0n) is 23.0. The second-order valence-corrected chi connectivity index (χ2v) is 18.5. The van der Waals surface area contributed by atoms with Crippen molar-refractivity contribution in [1.82, 2.24) is 14.5 Å². The van der Waals surface area contributed by atoms with Gasteiger partial charge >= 0.3 is 6.09 Å². The van der Waals surface area contributed by atoms with Crippen LogP contribution in [0.15, 0.2) is 28.7 Å². The van der Waals surface area contributed by atoms with Gasteiger partial charge in [0.05, 0.1) is 11.7 Å². The maximum atomic E-state index is 13.2. The van der Waals surface area contributed by atoms with Gasteiger partial charge in [-0.1, -0.05) is 47.7 Å². The molecule has 1 atom stereocenters. The third-order valence-corrected chi connectivity index (χ3v) is 8.64. The van der Waals surface area contributed by atoms with Crippen LogP contribution in [0.4, 0.5) is 4.79 Å². The predicted molar refractivity (Wildman–Crippen MR) is 149 cm³/mol. The van der Waals surface area contributed by atoms with Crippen molar-refractivity contribution >= 4 is 30.1 Å². The summed E-state index contributed by atoms with van der Waals surface area (Å²) in [4.78, 5) is 20.1. The van der Waals surface area contributed by atoms with E-state index in [1.165, 1.54) is 0 Å². The molecule has 2 aromatic rings. The van der Waals surface area contributed by atoms with E-state index in [-0.39, 0.29) is 18.4 Å². The summed E-state index contributed by atoms with van der Waals surface area (Å²) in [6.45, 7) is 16.2. The molecule has 0 bridgehead atoms. The molecule has 4 rings (SSSR count). The van der Waals surface area contributed by atoms with Crippen LogP contribution in [0, 0.1) is 0 Å². The molecule has 1 unspecified atom stereocenters. The number of carbonyl (C=O) groups excluding carboxylic acids is 1.